The van der Waals surface area contributed by atoms with Crippen LogP contribution in [0.2, 0.25) is 0 Å². The number of fused-ring (bicyclic) bond motifs is 1. The van der Waals surface area contributed by atoms with Crippen LogP contribution in [0, 0.1) is 11.8 Å². The molecule has 1 saturated heterocycles. The van der Waals surface area contributed by atoms with Gasteiger partial charge < -0.3 is 19.3 Å². The highest BCUT2D eigenvalue weighted by Gasteiger charge is 2.49. The second-order valence-corrected chi connectivity index (χ2v) is 8.27. The van der Waals surface area contributed by atoms with E-state index in [1.54, 1.807) is 39.0 Å². The van der Waals surface area contributed by atoms with Crippen LogP contribution in [0.1, 0.15) is 47.0 Å². The molecule has 180 valence electrons. The molecule has 33 heavy (non-hydrogen) atoms. The number of hydrogen-bond acceptors (Lipinski definition) is 8. The van der Waals surface area contributed by atoms with Crippen molar-refractivity contribution in [3.05, 3.63) is 47.1 Å². The van der Waals surface area contributed by atoms with Crippen LogP contribution in [0.5, 0.6) is 0 Å². The molecule has 0 aromatic rings. The Morgan fingerprint density at radius 2 is 2.06 bits per heavy atom. The number of rotatable bonds is 7. The molecule has 1 aliphatic carbocycles. The summed E-state index contributed by atoms with van der Waals surface area (Å²) in [4.78, 5) is 50.0. The fourth-order valence-corrected chi connectivity index (χ4v) is 3.62. The fraction of sp³-hybridized carbons (Fsp3) is 0.520. The van der Waals surface area contributed by atoms with Crippen LogP contribution in [0.3, 0.4) is 0 Å². The Labute approximate surface area is 194 Å². The van der Waals surface area contributed by atoms with Crippen LogP contribution in [0.4, 0.5) is 0 Å². The molecule has 0 bridgehead atoms. The molecule has 2 rings (SSSR count). The molecule has 2 aliphatic rings. The highest BCUT2D eigenvalue weighted by molar-refractivity contribution is 5.92. The third-order valence-corrected chi connectivity index (χ3v) is 6.08. The molecular formula is C25H32O8. The summed E-state index contributed by atoms with van der Waals surface area (Å²) >= 11 is 0. The SMILES string of the molecule is C=C1C(=O)OC2C=C(CO)CCC=C(C=O)C(OC(=O)C(C)CC)C(OC(=O)C(C)=CC)C12. The van der Waals surface area contributed by atoms with Gasteiger partial charge in [0.05, 0.1) is 18.4 Å². The van der Waals surface area contributed by atoms with Crippen molar-refractivity contribution in [2.24, 2.45) is 11.8 Å². The summed E-state index contributed by atoms with van der Waals surface area (Å²) in [6, 6.07) is 0. The molecule has 1 N–H and O–H groups in total. The predicted octanol–water partition coefficient (Wildman–Crippen LogP) is 2.76. The normalized spacial score (nSPS) is 26.9. The van der Waals surface area contributed by atoms with E-state index in [4.69, 9.17) is 14.2 Å². The molecule has 0 spiro atoms. The van der Waals surface area contributed by atoms with E-state index in [-0.39, 0.29) is 17.8 Å². The lowest BCUT2D eigenvalue weighted by Crippen LogP contribution is -2.46. The van der Waals surface area contributed by atoms with Crippen molar-refractivity contribution in [1.29, 1.82) is 0 Å². The summed E-state index contributed by atoms with van der Waals surface area (Å²) in [5.41, 5.74) is 1.03. The zero-order valence-electron chi connectivity index (χ0n) is 19.5. The molecule has 1 aliphatic heterocycles. The van der Waals surface area contributed by atoms with Crippen LogP contribution in [0.15, 0.2) is 47.1 Å². The predicted molar refractivity (Wildman–Crippen MR) is 120 cm³/mol. The number of aliphatic hydroxyl groups excluding tert-OH is 1. The minimum absolute atomic E-state index is 0.0277. The van der Waals surface area contributed by atoms with Crippen LogP contribution >= 0.6 is 0 Å². The van der Waals surface area contributed by atoms with Crippen molar-refractivity contribution < 1.29 is 38.5 Å². The molecule has 0 amide bonds. The first-order valence-corrected chi connectivity index (χ1v) is 11.1. The summed E-state index contributed by atoms with van der Waals surface area (Å²) in [7, 11) is 0. The largest absolute Gasteiger partial charge is 0.454 e. The van der Waals surface area contributed by atoms with E-state index in [1.807, 2.05) is 6.92 Å². The first-order valence-electron chi connectivity index (χ1n) is 11.1. The first-order chi connectivity index (χ1) is 15.7. The summed E-state index contributed by atoms with van der Waals surface area (Å²) < 4.78 is 17.0. The Balaban J connectivity index is 2.67. The lowest BCUT2D eigenvalue weighted by Gasteiger charge is -2.33. The van der Waals surface area contributed by atoms with Gasteiger partial charge in [0.25, 0.3) is 0 Å². The minimum atomic E-state index is -1.26. The van der Waals surface area contributed by atoms with Gasteiger partial charge >= 0.3 is 17.9 Å². The highest BCUT2D eigenvalue weighted by atomic mass is 16.6. The lowest BCUT2D eigenvalue weighted by molar-refractivity contribution is -0.169. The molecule has 0 radical (unpaired) electrons. The van der Waals surface area contributed by atoms with Crippen LogP contribution in [-0.4, -0.2) is 54.2 Å². The summed E-state index contributed by atoms with van der Waals surface area (Å²) in [6.45, 7) is 10.3. The van der Waals surface area contributed by atoms with E-state index in [9.17, 15) is 24.3 Å². The van der Waals surface area contributed by atoms with Crippen molar-refractivity contribution in [1.82, 2.24) is 0 Å². The maximum Gasteiger partial charge on any atom is 0.334 e. The highest BCUT2D eigenvalue weighted by Crippen LogP contribution is 2.37. The molecule has 5 atom stereocenters. The number of ether oxygens (including phenoxy) is 3. The van der Waals surface area contributed by atoms with Crippen molar-refractivity contribution in [3.63, 3.8) is 0 Å². The van der Waals surface area contributed by atoms with E-state index < -0.39 is 48.1 Å². The quantitative estimate of drug-likeness (QED) is 0.203. The summed E-state index contributed by atoms with van der Waals surface area (Å²) in [5.74, 6) is -3.32. The van der Waals surface area contributed by atoms with Gasteiger partial charge in [0.15, 0.2) is 12.2 Å². The number of carbonyl (C=O) groups is 4. The van der Waals surface area contributed by atoms with E-state index in [1.165, 1.54) is 0 Å². The number of aliphatic hydroxyl groups is 1. The van der Waals surface area contributed by atoms with Crippen LogP contribution in [0.25, 0.3) is 0 Å². The maximum atomic E-state index is 12.8. The van der Waals surface area contributed by atoms with Gasteiger partial charge in [0.1, 0.15) is 12.4 Å². The molecule has 5 unspecified atom stereocenters. The molecule has 0 saturated carbocycles. The van der Waals surface area contributed by atoms with Crippen molar-refractivity contribution >= 4 is 24.2 Å². The molecule has 0 aromatic heterocycles. The number of esters is 3. The third kappa shape index (κ3) is 6.07. The standard InChI is InChI=1S/C25H32O8/c1-6-14(3)23(28)32-21-18(13-27)10-8-9-17(12-26)11-19-20(16(5)25(30)31-19)22(21)33-24(29)15(4)7-2/h7,10-11,13-14,19-22,26H,5-6,8-9,12H2,1-4H3. The molecular weight excluding hydrogens is 428 g/mol. The Bertz CT molecular complexity index is 894. The topological polar surface area (TPSA) is 116 Å². The first kappa shape index (κ1) is 26.3. The van der Waals surface area contributed by atoms with Crippen molar-refractivity contribution in [2.75, 3.05) is 6.61 Å². The number of allylic oxidation sites excluding steroid dienone is 2. The molecule has 1 heterocycles. The van der Waals surface area contributed by atoms with Crippen LogP contribution < -0.4 is 0 Å². The van der Waals surface area contributed by atoms with Gasteiger partial charge in [-0.1, -0.05) is 32.6 Å². The minimum Gasteiger partial charge on any atom is -0.454 e. The van der Waals surface area contributed by atoms with Crippen LogP contribution in [-0.2, 0) is 33.4 Å². The van der Waals surface area contributed by atoms with Crippen molar-refractivity contribution in [2.45, 2.75) is 65.3 Å². The smallest absolute Gasteiger partial charge is 0.334 e. The molecule has 0 aromatic carbocycles. The zero-order chi connectivity index (χ0) is 24.7. The Kier molecular flexibility index (Phi) is 9.34. The lowest BCUT2D eigenvalue weighted by atomic mass is 9.83. The van der Waals surface area contributed by atoms with Gasteiger partial charge in [0, 0.05) is 16.7 Å². The average Bonchev–Trinajstić information content (AvgIpc) is 3.09. The van der Waals surface area contributed by atoms with E-state index in [0.717, 1.165) is 0 Å². The van der Waals surface area contributed by atoms with Gasteiger partial charge in [-0.25, -0.2) is 9.59 Å². The molecule has 8 nitrogen and oxygen atoms in total. The summed E-state index contributed by atoms with van der Waals surface area (Å²) in [6.07, 6.45) is 3.15. The third-order valence-electron chi connectivity index (χ3n) is 6.08. The Morgan fingerprint density at radius 3 is 2.64 bits per heavy atom. The average molecular weight is 461 g/mol. The van der Waals surface area contributed by atoms with Gasteiger partial charge in [-0.2, -0.15) is 0 Å². The zero-order valence-corrected chi connectivity index (χ0v) is 19.5. The second kappa shape index (κ2) is 11.7. The molecule has 8 heteroatoms. The summed E-state index contributed by atoms with van der Waals surface area (Å²) in [5, 5.41) is 9.74. The number of carbonyl (C=O) groups excluding carboxylic acids is 4. The molecule has 1 fully saturated rings. The number of aldehydes is 1. The second-order valence-electron chi connectivity index (χ2n) is 8.27. The fourth-order valence-electron chi connectivity index (χ4n) is 3.62. The Hall–Kier alpha value is -3.00. The van der Waals surface area contributed by atoms with E-state index >= 15 is 0 Å². The van der Waals surface area contributed by atoms with Gasteiger partial charge in [-0.3, -0.25) is 9.59 Å². The van der Waals surface area contributed by atoms with Gasteiger partial charge in [-0.15, -0.1) is 0 Å². The van der Waals surface area contributed by atoms with Gasteiger partial charge in [0.2, 0.25) is 0 Å². The van der Waals surface area contributed by atoms with Gasteiger partial charge in [-0.05, 0) is 44.8 Å². The van der Waals surface area contributed by atoms with E-state index in [2.05, 4.69) is 6.58 Å². The van der Waals surface area contributed by atoms with Crippen molar-refractivity contribution in [3.8, 4) is 0 Å². The number of hydrogen-bond donors (Lipinski definition) is 1. The van der Waals surface area contributed by atoms with E-state index in [0.29, 0.717) is 36.7 Å². The Morgan fingerprint density at radius 1 is 1.36 bits per heavy atom. The maximum absolute atomic E-state index is 12.8. The monoisotopic (exact) mass is 460 g/mol.